The molecule has 1 atom stereocenters. The summed E-state index contributed by atoms with van der Waals surface area (Å²) in [6.07, 6.45) is -2.94. The number of pyridine rings is 1. The van der Waals surface area contributed by atoms with Crippen molar-refractivity contribution in [3.05, 3.63) is 29.6 Å². The summed E-state index contributed by atoms with van der Waals surface area (Å²) in [4.78, 5) is 5.81. The Kier molecular flexibility index (Phi) is 3.35. The summed E-state index contributed by atoms with van der Waals surface area (Å²) < 4.78 is 38.6. The molecule has 0 bridgehead atoms. The first-order valence-corrected chi connectivity index (χ1v) is 5.43. The van der Waals surface area contributed by atoms with E-state index in [0.717, 1.165) is 19.2 Å². The highest BCUT2D eigenvalue weighted by atomic mass is 19.4. The second-order valence-electron chi connectivity index (χ2n) is 4.13. The van der Waals surface area contributed by atoms with E-state index in [1.807, 2.05) is 11.9 Å². The van der Waals surface area contributed by atoms with E-state index in [4.69, 9.17) is 0 Å². The number of hydrogen-bond donors (Lipinski definition) is 1. The summed E-state index contributed by atoms with van der Waals surface area (Å²) in [6, 6.07) is 2.09. The van der Waals surface area contributed by atoms with E-state index in [-0.39, 0.29) is 11.7 Å². The molecule has 1 N–H and O–H groups in total. The van der Waals surface area contributed by atoms with Gasteiger partial charge in [-0.1, -0.05) is 0 Å². The number of piperazine rings is 1. The SMILES string of the molecule is CN1CCNCC1c1ncccc1C(F)(F)F. The lowest BCUT2D eigenvalue weighted by molar-refractivity contribution is -0.139. The van der Waals surface area contributed by atoms with Gasteiger partial charge in [0.15, 0.2) is 0 Å². The van der Waals surface area contributed by atoms with E-state index in [1.54, 1.807) is 0 Å². The zero-order valence-electron chi connectivity index (χ0n) is 9.46. The third kappa shape index (κ3) is 2.58. The van der Waals surface area contributed by atoms with Crippen LogP contribution in [0.4, 0.5) is 13.2 Å². The number of nitrogens with zero attached hydrogens (tertiary/aromatic N) is 2. The molecular weight excluding hydrogens is 231 g/mol. The van der Waals surface area contributed by atoms with Crippen molar-refractivity contribution in [1.82, 2.24) is 15.2 Å². The average molecular weight is 245 g/mol. The van der Waals surface area contributed by atoms with Crippen molar-refractivity contribution >= 4 is 0 Å². The van der Waals surface area contributed by atoms with Crippen LogP contribution in [0.1, 0.15) is 17.3 Å². The molecule has 2 heterocycles. The first-order chi connectivity index (χ1) is 8.00. The molecule has 2 rings (SSSR count). The minimum Gasteiger partial charge on any atom is -0.313 e. The maximum atomic E-state index is 12.9. The maximum Gasteiger partial charge on any atom is 0.418 e. The van der Waals surface area contributed by atoms with Crippen LogP contribution in [-0.4, -0.2) is 36.6 Å². The lowest BCUT2D eigenvalue weighted by Crippen LogP contribution is -2.44. The first kappa shape index (κ1) is 12.3. The van der Waals surface area contributed by atoms with Crippen LogP contribution in [0.3, 0.4) is 0 Å². The van der Waals surface area contributed by atoms with E-state index in [2.05, 4.69) is 10.3 Å². The molecule has 1 aliphatic rings. The molecule has 1 fully saturated rings. The number of nitrogens with one attached hydrogen (secondary N) is 1. The molecule has 1 unspecified atom stereocenters. The number of alkyl halides is 3. The Morgan fingerprint density at radius 2 is 2.24 bits per heavy atom. The van der Waals surface area contributed by atoms with Gasteiger partial charge < -0.3 is 5.32 Å². The predicted molar refractivity (Wildman–Crippen MR) is 57.5 cm³/mol. The Labute approximate surface area is 97.6 Å². The van der Waals surface area contributed by atoms with Gasteiger partial charge in [0.25, 0.3) is 0 Å². The normalized spacial score (nSPS) is 22.7. The van der Waals surface area contributed by atoms with Crippen LogP contribution in [0.5, 0.6) is 0 Å². The Bertz CT molecular complexity index is 392. The van der Waals surface area contributed by atoms with Crippen LogP contribution in [-0.2, 0) is 6.18 Å². The summed E-state index contributed by atoms with van der Waals surface area (Å²) in [7, 11) is 1.82. The summed E-state index contributed by atoms with van der Waals surface area (Å²) >= 11 is 0. The molecule has 1 aliphatic heterocycles. The minimum atomic E-state index is -4.35. The van der Waals surface area contributed by atoms with Gasteiger partial charge in [0.1, 0.15) is 0 Å². The van der Waals surface area contributed by atoms with Crippen LogP contribution in [0.15, 0.2) is 18.3 Å². The standard InChI is InChI=1S/C11H14F3N3/c1-17-6-5-15-7-9(17)10-8(11(12,13)14)3-2-4-16-10/h2-4,9,15H,5-7H2,1H3. The summed E-state index contributed by atoms with van der Waals surface area (Å²) in [5.41, 5.74) is -0.532. The molecule has 3 nitrogen and oxygen atoms in total. The van der Waals surface area contributed by atoms with Crippen molar-refractivity contribution in [3.63, 3.8) is 0 Å². The van der Waals surface area contributed by atoms with Crippen molar-refractivity contribution in [3.8, 4) is 0 Å². The molecule has 94 valence electrons. The predicted octanol–water partition coefficient (Wildman–Crippen LogP) is 1.68. The zero-order valence-corrected chi connectivity index (χ0v) is 9.46. The topological polar surface area (TPSA) is 28.2 Å². The molecule has 1 aromatic rings. The molecule has 6 heteroatoms. The van der Waals surface area contributed by atoms with Gasteiger partial charge in [-0.3, -0.25) is 9.88 Å². The van der Waals surface area contributed by atoms with Gasteiger partial charge >= 0.3 is 6.18 Å². The molecule has 0 spiro atoms. The van der Waals surface area contributed by atoms with Gasteiger partial charge in [-0.25, -0.2) is 0 Å². The van der Waals surface area contributed by atoms with E-state index >= 15 is 0 Å². The summed E-state index contributed by atoms with van der Waals surface area (Å²) in [6.45, 7) is 2.01. The molecule has 0 aromatic carbocycles. The van der Waals surface area contributed by atoms with E-state index < -0.39 is 11.7 Å². The summed E-state index contributed by atoms with van der Waals surface area (Å²) in [5.74, 6) is 0. The number of aromatic nitrogens is 1. The lowest BCUT2D eigenvalue weighted by Gasteiger charge is -2.33. The molecule has 1 aromatic heterocycles. The van der Waals surface area contributed by atoms with Gasteiger partial charge in [-0.2, -0.15) is 13.2 Å². The van der Waals surface area contributed by atoms with Crippen molar-refractivity contribution in [1.29, 1.82) is 0 Å². The fourth-order valence-electron chi connectivity index (χ4n) is 2.03. The van der Waals surface area contributed by atoms with E-state index in [9.17, 15) is 13.2 Å². The zero-order chi connectivity index (χ0) is 12.5. The highest BCUT2D eigenvalue weighted by Gasteiger charge is 2.37. The van der Waals surface area contributed by atoms with Crippen molar-refractivity contribution < 1.29 is 13.2 Å². The second-order valence-corrected chi connectivity index (χ2v) is 4.13. The van der Waals surface area contributed by atoms with Crippen molar-refractivity contribution in [2.45, 2.75) is 12.2 Å². The third-order valence-electron chi connectivity index (χ3n) is 2.97. The van der Waals surface area contributed by atoms with Crippen molar-refractivity contribution in [2.75, 3.05) is 26.7 Å². The van der Waals surface area contributed by atoms with Crippen LogP contribution in [0.2, 0.25) is 0 Å². The molecule has 1 saturated heterocycles. The summed E-state index contributed by atoms with van der Waals surface area (Å²) in [5, 5.41) is 3.09. The smallest absolute Gasteiger partial charge is 0.313 e. The van der Waals surface area contributed by atoms with E-state index in [0.29, 0.717) is 6.54 Å². The molecule has 0 radical (unpaired) electrons. The second kappa shape index (κ2) is 4.62. The fourth-order valence-corrected chi connectivity index (χ4v) is 2.03. The number of hydrogen-bond acceptors (Lipinski definition) is 3. The lowest BCUT2D eigenvalue weighted by atomic mass is 10.0. The van der Waals surface area contributed by atoms with E-state index in [1.165, 1.54) is 12.3 Å². The highest BCUT2D eigenvalue weighted by Crippen LogP contribution is 2.34. The Hall–Kier alpha value is -1.14. The molecule has 0 amide bonds. The fraction of sp³-hybridized carbons (Fsp3) is 0.545. The molecular formula is C11H14F3N3. The van der Waals surface area contributed by atoms with Gasteiger partial charge in [0, 0.05) is 25.8 Å². The first-order valence-electron chi connectivity index (χ1n) is 5.43. The Morgan fingerprint density at radius 3 is 2.88 bits per heavy atom. The number of rotatable bonds is 1. The third-order valence-corrected chi connectivity index (χ3v) is 2.97. The van der Waals surface area contributed by atoms with Gasteiger partial charge in [0.05, 0.1) is 17.3 Å². The van der Waals surface area contributed by atoms with Gasteiger partial charge in [-0.15, -0.1) is 0 Å². The largest absolute Gasteiger partial charge is 0.418 e. The van der Waals surface area contributed by atoms with Crippen LogP contribution in [0, 0.1) is 0 Å². The maximum absolute atomic E-state index is 12.9. The highest BCUT2D eigenvalue weighted by molar-refractivity contribution is 5.26. The van der Waals surface area contributed by atoms with Gasteiger partial charge in [0.2, 0.25) is 0 Å². The minimum absolute atomic E-state index is 0.106. The number of halogens is 3. The Balaban J connectivity index is 2.37. The van der Waals surface area contributed by atoms with Crippen molar-refractivity contribution in [2.24, 2.45) is 0 Å². The average Bonchev–Trinajstić information content (AvgIpc) is 2.28. The molecule has 0 saturated carbocycles. The van der Waals surface area contributed by atoms with Crippen LogP contribution < -0.4 is 5.32 Å². The Morgan fingerprint density at radius 1 is 1.47 bits per heavy atom. The molecule has 0 aliphatic carbocycles. The molecule has 17 heavy (non-hydrogen) atoms. The van der Waals surface area contributed by atoms with Gasteiger partial charge in [-0.05, 0) is 19.2 Å². The van der Waals surface area contributed by atoms with Crippen LogP contribution >= 0.6 is 0 Å². The monoisotopic (exact) mass is 245 g/mol. The number of likely N-dealkylation sites (N-methyl/N-ethyl adjacent to an activating group) is 1. The quantitative estimate of drug-likeness (QED) is 0.816. The van der Waals surface area contributed by atoms with Crippen LogP contribution in [0.25, 0.3) is 0 Å².